The summed E-state index contributed by atoms with van der Waals surface area (Å²) >= 11 is 0. The minimum absolute atomic E-state index is 0.0448. The SMILES string of the molecule is CC(C)(C)OC=O.COc1ccc(NC(=O)N2CCNCC2)cc1. The molecule has 7 nitrogen and oxygen atoms in total. The molecular weight excluding hydrogens is 310 g/mol. The monoisotopic (exact) mass is 337 g/mol. The molecule has 0 aromatic heterocycles. The second-order valence-corrected chi connectivity index (χ2v) is 6.22. The van der Waals surface area contributed by atoms with Crippen molar-refractivity contribution in [2.75, 3.05) is 38.6 Å². The highest BCUT2D eigenvalue weighted by Crippen LogP contribution is 2.15. The van der Waals surface area contributed by atoms with Crippen molar-refractivity contribution in [1.29, 1.82) is 0 Å². The lowest BCUT2D eigenvalue weighted by Crippen LogP contribution is -2.48. The van der Waals surface area contributed by atoms with E-state index in [0.717, 1.165) is 37.6 Å². The van der Waals surface area contributed by atoms with E-state index in [4.69, 9.17) is 4.74 Å². The zero-order valence-corrected chi connectivity index (χ0v) is 14.8. The summed E-state index contributed by atoms with van der Waals surface area (Å²) in [6.07, 6.45) is 0. The summed E-state index contributed by atoms with van der Waals surface area (Å²) in [6.45, 7) is 9.14. The molecule has 0 saturated carbocycles. The van der Waals surface area contributed by atoms with Crippen molar-refractivity contribution in [3.63, 3.8) is 0 Å². The van der Waals surface area contributed by atoms with Crippen LogP contribution in [0, 0.1) is 0 Å². The highest BCUT2D eigenvalue weighted by molar-refractivity contribution is 5.89. The first kappa shape index (κ1) is 19.8. The van der Waals surface area contributed by atoms with Gasteiger partial charge < -0.3 is 25.0 Å². The molecule has 134 valence electrons. The summed E-state index contributed by atoms with van der Waals surface area (Å²) in [5.41, 5.74) is 0.469. The lowest BCUT2D eigenvalue weighted by atomic mass is 10.2. The van der Waals surface area contributed by atoms with Crippen LogP contribution in [0.4, 0.5) is 10.5 Å². The molecule has 0 radical (unpaired) electrons. The molecule has 1 heterocycles. The summed E-state index contributed by atoms with van der Waals surface area (Å²) in [7, 11) is 1.62. The Morgan fingerprint density at radius 2 is 1.79 bits per heavy atom. The van der Waals surface area contributed by atoms with Gasteiger partial charge in [-0.3, -0.25) is 4.79 Å². The van der Waals surface area contributed by atoms with Crippen LogP contribution in [0.25, 0.3) is 0 Å². The Balaban J connectivity index is 0.000000351. The number of anilines is 1. The Hall–Kier alpha value is -2.28. The lowest BCUT2D eigenvalue weighted by molar-refractivity contribution is -0.138. The van der Waals surface area contributed by atoms with Gasteiger partial charge in [0.2, 0.25) is 0 Å². The fourth-order valence-corrected chi connectivity index (χ4v) is 1.89. The van der Waals surface area contributed by atoms with Gasteiger partial charge >= 0.3 is 6.03 Å². The van der Waals surface area contributed by atoms with Gasteiger partial charge in [-0.1, -0.05) is 0 Å². The zero-order valence-electron chi connectivity index (χ0n) is 14.8. The van der Waals surface area contributed by atoms with E-state index in [-0.39, 0.29) is 11.6 Å². The minimum atomic E-state index is -0.318. The highest BCUT2D eigenvalue weighted by Gasteiger charge is 2.15. The van der Waals surface area contributed by atoms with Crippen LogP contribution < -0.4 is 15.4 Å². The fraction of sp³-hybridized carbons (Fsp3) is 0.529. The molecule has 0 unspecified atom stereocenters. The number of hydrogen-bond donors (Lipinski definition) is 2. The topological polar surface area (TPSA) is 79.9 Å². The second kappa shape index (κ2) is 9.77. The first-order chi connectivity index (χ1) is 11.4. The van der Waals surface area contributed by atoms with Gasteiger partial charge in [0, 0.05) is 31.9 Å². The molecule has 1 aromatic rings. The smallest absolute Gasteiger partial charge is 0.321 e. The molecule has 2 rings (SSSR count). The molecule has 0 spiro atoms. The number of piperazine rings is 1. The summed E-state index contributed by atoms with van der Waals surface area (Å²) in [4.78, 5) is 23.3. The van der Waals surface area contributed by atoms with Gasteiger partial charge in [-0.25, -0.2) is 4.79 Å². The van der Waals surface area contributed by atoms with Crippen molar-refractivity contribution < 1.29 is 19.1 Å². The van der Waals surface area contributed by atoms with Crippen molar-refractivity contribution in [2.45, 2.75) is 26.4 Å². The third kappa shape index (κ3) is 7.82. The zero-order chi connectivity index (χ0) is 18.0. The van der Waals surface area contributed by atoms with Gasteiger partial charge in [0.25, 0.3) is 6.47 Å². The third-order valence-electron chi connectivity index (χ3n) is 3.15. The molecule has 2 N–H and O–H groups in total. The molecule has 24 heavy (non-hydrogen) atoms. The number of nitrogens with zero attached hydrogens (tertiary/aromatic N) is 1. The van der Waals surface area contributed by atoms with Gasteiger partial charge in [0.15, 0.2) is 0 Å². The first-order valence-corrected chi connectivity index (χ1v) is 7.88. The van der Waals surface area contributed by atoms with Crippen LogP contribution in [0.2, 0.25) is 0 Å². The summed E-state index contributed by atoms with van der Waals surface area (Å²) in [6, 6.07) is 7.27. The molecule has 1 saturated heterocycles. The Labute approximate surface area is 143 Å². The van der Waals surface area contributed by atoms with E-state index in [1.54, 1.807) is 12.0 Å². The molecule has 0 bridgehead atoms. The van der Waals surface area contributed by atoms with Gasteiger partial charge in [0.05, 0.1) is 7.11 Å². The molecule has 1 aromatic carbocycles. The van der Waals surface area contributed by atoms with Crippen LogP contribution in [0.1, 0.15) is 20.8 Å². The molecule has 1 aliphatic rings. The van der Waals surface area contributed by atoms with Crippen molar-refractivity contribution in [2.24, 2.45) is 0 Å². The molecule has 0 aliphatic carbocycles. The first-order valence-electron chi connectivity index (χ1n) is 7.88. The van der Waals surface area contributed by atoms with Crippen molar-refractivity contribution in [3.8, 4) is 5.75 Å². The van der Waals surface area contributed by atoms with Crippen LogP contribution in [0.5, 0.6) is 5.75 Å². The maximum atomic E-state index is 11.9. The number of amides is 2. The van der Waals surface area contributed by atoms with Crippen molar-refractivity contribution >= 4 is 18.2 Å². The number of benzene rings is 1. The van der Waals surface area contributed by atoms with Crippen LogP contribution in [-0.4, -0.2) is 56.3 Å². The Bertz CT molecular complexity index is 506. The van der Waals surface area contributed by atoms with E-state index in [0.29, 0.717) is 6.47 Å². The number of urea groups is 1. The largest absolute Gasteiger partial charge is 0.497 e. The number of hydrogen-bond acceptors (Lipinski definition) is 5. The molecule has 0 atom stereocenters. The summed E-state index contributed by atoms with van der Waals surface area (Å²) < 4.78 is 9.61. The molecule has 1 aliphatic heterocycles. The van der Waals surface area contributed by atoms with Crippen LogP contribution in [0.3, 0.4) is 0 Å². The van der Waals surface area contributed by atoms with Crippen molar-refractivity contribution in [1.82, 2.24) is 10.2 Å². The highest BCUT2D eigenvalue weighted by atomic mass is 16.5. The van der Waals surface area contributed by atoms with E-state index in [1.807, 2.05) is 45.0 Å². The predicted octanol–water partition coefficient (Wildman–Crippen LogP) is 2.09. The number of carbonyl (C=O) groups excluding carboxylic acids is 2. The average Bonchev–Trinajstić information content (AvgIpc) is 2.56. The Morgan fingerprint density at radius 3 is 2.21 bits per heavy atom. The van der Waals surface area contributed by atoms with E-state index >= 15 is 0 Å². The number of ether oxygens (including phenoxy) is 2. The van der Waals surface area contributed by atoms with Crippen LogP contribution in [0.15, 0.2) is 24.3 Å². The quantitative estimate of drug-likeness (QED) is 0.826. The second-order valence-electron chi connectivity index (χ2n) is 6.22. The standard InChI is InChI=1S/C12H17N3O2.C5H10O2/c1-17-11-4-2-10(3-5-11)14-12(16)15-8-6-13-7-9-15;1-5(2,3)7-4-6/h2-5,13H,6-9H2,1H3,(H,14,16);4H,1-3H3. The van der Waals surface area contributed by atoms with E-state index < -0.39 is 0 Å². The van der Waals surface area contributed by atoms with Crippen LogP contribution in [-0.2, 0) is 9.53 Å². The average molecular weight is 337 g/mol. The Kier molecular flexibility index (Phi) is 8.05. The van der Waals surface area contributed by atoms with E-state index in [2.05, 4.69) is 15.4 Å². The summed E-state index contributed by atoms with van der Waals surface area (Å²) in [5, 5.41) is 6.08. The normalized spacial score (nSPS) is 14.1. The predicted molar refractivity (Wildman–Crippen MR) is 93.4 cm³/mol. The summed E-state index contributed by atoms with van der Waals surface area (Å²) in [5.74, 6) is 0.783. The van der Waals surface area contributed by atoms with Gasteiger partial charge in [-0.15, -0.1) is 0 Å². The number of methoxy groups -OCH3 is 1. The minimum Gasteiger partial charge on any atom is -0.497 e. The van der Waals surface area contributed by atoms with Crippen LogP contribution >= 0.6 is 0 Å². The molecule has 1 fully saturated rings. The van der Waals surface area contributed by atoms with E-state index in [9.17, 15) is 9.59 Å². The maximum absolute atomic E-state index is 11.9. The molecular formula is C17H27N3O4. The lowest BCUT2D eigenvalue weighted by Gasteiger charge is -2.27. The maximum Gasteiger partial charge on any atom is 0.321 e. The number of nitrogens with one attached hydrogen (secondary N) is 2. The Morgan fingerprint density at radius 1 is 1.21 bits per heavy atom. The van der Waals surface area contributed by atoms with Gasteiger partial charge in [-0.05, 0) is 45.0 Å². The van der Waals surface area contributed by atoms with E-state index in [1.165, 1.54) is 0 Å². The van der Waals surface area contributed by atoms with Gasteiger partial charge in [-0.2, -0.15) is 0 Å². The molecule has 2 amide bonds. The number of carbonyl (C=O) groups is 2. The third-order valence-corrected chi connectivity index (χ3v) is 3.15. The number of rotatable bonds is 3. The van der Waals surface area contributed by atoms with Crippen molar-refractivity contribution in [3.05, 3.63) is 24.3 Å². The fourth-order valence-electron chi connectivity index (χ4n) is 1.89. The van der Waals surface area contributed by atoms with Gasteiger partial charge in [0.1, 0.15) is 11.4 Å². The molecule has 7 heteroatoms.